The summed E-state index contributed by atoms with van der Waals surface area (Å²) < 4.78 is 3.71. The highest BCUT2D eigenvalue weighted by Crippen LogP contribution is 2.34. The molecule has 1 heterocycles. The fraction of sp³-hybridized carbons (Fsp3) is 0. The van der Waals surface area contributed by atoms with Gasteiger partial charge in [0.1, 0.15) is 0 Å². The van der Waals surface area contributed by atoms with Gasteiger partial charge in [-0.05, 0) is 78.7 Å². The molecule has 1 aromatic carbocycles. The molecule has 2 rings (SSSR count). The third-order valence-corrected chi connectivity index (χ3v) is 6.66. The zero-order valence-corrected chi connectivity index (χ0v) is 15.9. The predicted molar refractivity (Wildman–Crippen MR) is 90.0 cm³/mol. The molecule has 0 spiro atoms. The second kappa shape index (κ2) is 5.81. The smallest absolute Gasteiger partial charge is 0.204 e. The molecule has 88 valence electrons. The van der Waals surface area contributed by atoms with Crippen LogP contribution in [-0.2, 0) is 0 Å². The number of hydrogen-bond donors (Lipinski definition) is 0. The van der Waals surface area contributed by atoms with Gasteiger partial charge >= 0.3 is 0 Å². The number of thiophene rings is 1. The van der Waals surface area contributed by atoms with Crippen molar-refractivity contribution in [2.75, 3.05) is 0 Å². The average Bonchev–Trinajstić information content (AvgIpc) is 2.62. The number of halogens is 4. The molecule has 0 N–H and O–H groups in total. The molecule has 0 atom stereocenters. The summed E-state index contributed by atoms with van der Waals surface area (Å²) >= 11 is 13.8. The lowest BCUT2D eigenvalue weighted by Gasteiger charge is -2.02. The SMILES string of the molecule is O=C(c1cc(Br)c(Br)s1)c1cc(I)ccc1Br. The normalized spacial score (nSPS) is 10.6. The fourth-order valence-electron chi connectivity index (χ4n) is 1.26. The minimum absolute atomic E-state index is 0.0341. The standard InChI is InChI=1S/C11H4Br3IOS/c12-7-2-1-5(15)3-6(7)10(16)9-4-8(13)11(14)17-9/h1-4H. The highest BCUT2D eigenvalue weighted by atomic mass is 127. The Kier molecular flexibility index (Phi) is 4.85. The van der Waals surface area contributed by atoms with E-state index in [1.807, 2.05) is 24.3 Å². The van der Waals surface area contributed by atoms with Crippen LogP contribution in [0.25, 0.3) is 0 Å². The van der Waals surface area contributed by atoms with E-state index in [1.54, 1.807) is 0 Å². The van der Waals surface area contributed by atoms with E-state index in [-0.39, 0.29) is 5.78 Å². The van der Waals surface area contributed by atoms with Gasteiger partial charge in [0.15, 0.2) is 0 Å². The third kappa shape index (κ3) is 3.20. The van der Waals surface area contributed by atoms with Gasteiger partial charge in [0, 0.05) is 18.1 Å². The maximum absolute atomic E-state index is 12.3. The largest absolute Gasteiger partial charge is 0.288 e. The monoisotopic (exact) mass is 548 g/mol. The maximum Gasteiger partial charge on any atom is 0.204 e. The van der Waals surface area contributed by atoms with E-state index in [0.717, 1.165) is 16.3 Å². The van der Waals surface area contributed by atoms with Crippen molar-refractivity contribution in [2.45, 2.75) is 0 Å². The Hall–Kier alpha value is 0.760. The van der Waals surface area contributed by atoms with Crippen LogP contribution >= 0.6 is 81.7 Å². The topological polar surface area (TPSA) is 17.1 Å². The van der Waals surface area contributed by atoms with Crippen molar-refractivity contribution in [3.63, 3.8) is 0 Å². The Labute approximate surface area is 142 Å². The van der Waals surface area contributed by atoms with E-state index in [0.29, 0.717) is 10.4 Å². The van der Waals surface area contributed by atoms with Gasteiger partial charge in [0.2, 0.25) is 5.78 Å². The second-order valence-electron chi connectivity index (χ2n) is 3.19. The molecule has 0 fully saturated rings. The first-order valence-electron chi connectivity index (χ1n) is 4.43. The number of carbonyl (C=O) groups excluding carboxylic acids is 1. The van der Waals surface area contributed by atoms with E-state index in [9.17, 15) is 4.79 Å². The summed E-state index contributed by atoms with van der Waals surface area (Å²) in [6.45, 7) is 0. The van der Waals surface area contributed by atoms with Gasteiger partial charge < -0.3 is 0 Å². The van der Waals surface area contributed by atoms with Gasteiger partial charge in [-0.2, -0.15) is 0 Å². The van der Waals surface area contributed by atoms with Gasteiger partial charge in [0.05, 0.1) is 8.66 Å². The lowest BCUT2D eigenvalue weighted by atomic mass is 10.1. The van der Waals surface area contributed by atoms with Gasteiger partial charge in [-0.1, -0.05) is 15.9 Å². The zero-order valence-electron chi connectivity index (χ0n) is 8.14. The van der Waals surface area contributed by atoms with E-state index in [1.165, 1.54) is 11.3 Å². The summed E-state index contributed by atoms with van der Waals surface area (Å²) in [5.74, 6) is 0.0341. The number of benzene rings is 1. The lowest BCUT2D eigenvalue weighted by molar-refractivity contribution is 0.104. The fourth-order valence-corrected chi connectivity index (χ4v) is 4.17. The molecule has 0 amide bonds. The van der Waals surface area contributed by atoms with Crippen LogP contribution in [0, 0.1) is 3.57 Å². The number of hydrogen-bond acceptors (Lipinski definition) is 2. The molecule has 0 aliphatic rings. The minimum atomic E-state index is 0.0341. The van der Waals surface area contributed by atoms with Gasteiger partial charge in [-0.3, -0.25) is 4.79 Å². The van der Waals surface area contributed by atoms with E-state index < -0.39 is 0 Å². The first-order chi connectivity index (χ1) is 7.99. The minimum Gasteiger partial charge on any atom is -0.288 e. The van der Waals surface area contributed by atoms with Gasteiger partial charge in [-0.25, -0.2) is 0 Å². The van der Waals surface area contributed by atoms with Crippen LogP contribution in [0.3, 0.4) is 0 Å². The van der Waals surface area contributed by atoms with Crippen molar-refractivity contribution < 1.29 is 4.79 Å². The van der Waals surface area contributed by atoms with Gasteiger partial charge in [-0.15, -0.1) is 11.3 Å². The van der Waals surface area contributed by atoms with Crippen LogP contribution in [0.4, 0.5) is 0 Å². The zero-order chi connectivity index (χ0) is 12.6. The highest BCUT2D eigenvalue weighted by molar-refractivity contribution is 14.1. The van der Waals surface area contributed by atoms with Crippen LogP contribution in [0.2, 0.25) is 0 Å². The van der Waals surface area contributed by atoms with E-state index in [2.05, 4.69) is 70.4 Å². The van der Waals surface area contributed by atoms with Crippen LogP contribution in [0.15, 0.2) is 37.0 Å². The van der Waals surface area contributed by atoms with Gasteiger partial charge in [0.25, 0.3) is 0 Å². The summed E-state index contributed by atoms with van der Waals surface area (Å²) in [6.07, 6.45) is 0. The first kappa shape index (κ1) is 14.2. The Morgan fingerprint density at radius 3 is 2.41 bits per heavy atom. The molecule has 0 aliphatic carbocycles. The van der Waals surface area contributed by atoms with Crippen molar-refractivity contribution in [3.05, 3.63) is 51.0 Å². The lowest BCUT2D eigenvalue weighted by Crippen LogP contribution is -2.00. The average molecular weight is 551 g/mol. The van der Waals surface area contributed by atoms with E-state index >= 15 is 0 Å². The molecule has 0 aliphatic heterocycles. The van der Waals surface area contributed by atoms with Crippen molar-refractivity contribution in [1.82, 2.24) is 0 Å². The summed E-state index contributed by atoms with van der Waals surface area (Å²) in [5.41, 5.74) is 0.693. The van der Waals surface area contributed by atoms with Crippen molar-refractivity contribution >= 4 is 87.5 Å². The molecule has 0 unspecified atom stereocenters. The van der Waals surface area contributed by atoms with Crippen LogP contribution in [-0.4, -0.2) is 5.78 Å². The number of carbonyl (C=O) groups is 1. The predicted octanol–water partition coefficient (Wildman–Crippen LogP) is 5.87. The Bertz CT molecular complexity index is 575. The molecule has 1 nitrogen and oxygen atoms in total. The maximum atomic E-state index is 12.3. The molecule has 6 heteroatoms. The molecule has 0 saturated heterocycles. The molecule has 17 heavy (non-hydrogen) atoms. The second-order valence-corrected chi connectivity index (χ2v) is 8.51. The molecule has 1 aromatic heterocycles. The Balaban J connectivity index is 2.47. The Morgan fingerprint density at radius 1 is 1.12 bits per heavy atom. The van der Waals surface area contributed by atoms with E-state index in [4.69, 9.17) is 0 Å². The Morgan fingerprint density at radius 2 is 1.82 bits per heavy atom. The molecule has 0 saturated carbocycles. The quantitative estimate of drug-likeness (QED) is 0.338. The molecule has 2 aromatic rings. The highest BCUT2D eigenvalue weighted by Gasteiger charge is 2.16. The summed E-state index contributed by atoms with van der Waals surface area (Å²) in [5, 5.41) is 0. The first-order valence-corrected chi connectivity index (χ1v) is 8.71. The molecular formula is C11H4Br3IOS. The molecule has 0 bridgehead atoms. The van der Waals surface area contributed by atoms with Crippen LogP contribution in [0.5, 0.6) is 0 Å². The molecule has 0 radical (unpaired) electrons. The third-order valence-electron chi connectivity index (χ3n) is 2.04. The summed E-state index contributed by atoms with van der Waals surface area (Å²) in [4.78, 5) is 13.0. The van der Waals surface area contributed by atoms with Crippen molar-refractivity contribution in [3.8, 4) is 0 Å². The van der Waals surface area contributed by atoms with Crippen molar-refractivity contribution in [2.24, 2.45) is 0 Å². The summed E-state index contributed by atoms with van der Waals surface area (Å²) in [7, 11) is 0. The number of rotatable bonds is 2. The summed E-state index contributed by atoms with van der Waals surface area (Å²) in [6, 6.07) is 7.58. The number of ketones is 1. The van der Waals surface area contributed by atoms with Crippen LogP contribution < -0.4 is 0 Å². The van der Waals surface area contributed by atoms with Crippen LogP contribution in [0.1, 0.15) is 15.2 Å². The molecular weight excluding hydrogens is 547 g/mol. The van der Waals surface area contributed by atoms with Crippen molar-refractivity contribution in [1.29, 1.82) is 0 Å².